The van der Waals surface area contributed by atoms with Crippen molar-refractivity contribution >= 4 is 11.8 Å². The Morgan fingerprint density at radius 2 is 1.73 bits per heavy atom. The minimum Gasteiger partial charge on any atom is -0.354 e. The summed E-state index contributed by atoms with van der Waals surface area (Å²) < 4.78 is 0. The van der Waals surface area contributed by atoms with Crippen LogP contribution in [0.1, 0.15) is 30.5 Å². The predicted molar refractivity (Wildman–Crippen MR) is 88.5 cm³/mol. The van der Waals surface area contributed by atoms with Crippen LogP contribution >= 0.6 is 0 Å². The maximum atomic E-state index is 11.7. The summed E-state index contributed by atoms with van der Waals surface area (Å²) in [4.78, 5) is 23.4. The van der Waals surface area contributed by atoms with Crippen LogP contribution in [0.5, 0.6) is 0 Å². The summed E-state index contributed by atoms with van der Waals surface area (Å²) in [5, 5.41) is 5.37. The second-order valence-corrected chi connectivity index (χ2v) is 5.96. The topological polar surface area (TPSA) is 84.2 Å². The molecule has 0 spiro atoms. The third-order valence-electron chi connectivity index (χ3n) is 3.79. The molecule has 4 N–H and O–H groups in total. The van der Waals surface area contributed by atoms with E-state index in [2.05, 4.69) is 36.6 Å². The molecule has 22 heavy (non-hydrogen) atoms. The largest absolute Gasteiger partial charge is 0.354 e. The molecule has 0 aliphatic carbocycles. The zero-order chi connectivity index (χ0) is 16.7. The van der Waals surface area contributed by atoms with Crippen LogP contribution in [0.4, 0.5) is 0 Å². The van der Waals surface area contributed by atoms with Gasteiger partial charge in [0.05, 0.1) is 12.6 Å². The highest BCUT2D eigenvalue weighted by Crippen LogP contribution is 2.13. The van der Waals surface area contributed by atoms with Gasteiger partial charge in [-0.2, -0.15) is 0 Å². The van der Waals surface area contributed by atoms with E-state index < -0.39 is 6.04 Å². The molecule has 1 atom stereocenters. The second-order valence-electron chi connectivity index (χ2n) is 5.96. The number of aryl methyl sites for hydroxylation is 2. The molecular weight excluding hydrogens is 278 g/mol. The van der Waals surface area contributed by atoms with Crippen molar-refractivity contribution in [1.29, 1.82) is 0 Å². The number of nitrogens with one attached hydrogen (secondary N) is 2. The lowest BCUT2D eigenvalue weighted by molar-refractivity contribution is -0.127. The molecule has 5 heteroatoms. The van der Waals surface area contributed by atoms with Gasteiger partial charge in [0.1, 0.15) is 0 Å². The van der Waals surface area contributed by atoms with Gasteiger partial charge < -0.3 is 16.4 Å². The van der Waals surface area contributed by atoms with Crippen LogP contribution in [0, 0.1) is 19.8 Å². The Morgan fingerprint density at radius 3 is 2.27 bits per heavy atom. The van der Waals surface area contributed by atoms with Crippen LogP contribution in [-0.2, 0) is 16.0 Å². The quantitative estimate of drug-likeness (QED) is 0.704. The molecular formula is C17H27N3O2. The van der Waals surface area contributed by atoms with E-state index in [9.17, 15) is 9.59 Å². The molecule has 1 aromatic carbocycles. The average molecular weight is 305 g/mol. The van der Waals surface area contributed by atoms with Crippen LogP contribution in [0.25, 0.3) is 0 Å². The molecule has 0 aliphatic rings. The van der Waals surface area contributed by atoms with Crippen LogP contribution in [0.3, 0.4) is 0 Å². The lowest BCUT2D eigenvalue weighted by Gasteiger charge is -2.15. The molecule has 0 heterocycles. The van der Waals surface area contributed by atoms with E-state index in [4.69, 9.17) is 5.73 Å². The van der Waals surface area contributed by atoms with Gasteiger partial charge in [0.15, 0.2) is 0 Å². The molecule has 0 saturated carbocycles. The highest BCUT2D eigenvalue weighted by molar-refractivity contribution is 5.87. The van der Waals surface area contributed by atoms with E-state index in [1.165, 1.54) is 16.7 Å². The molecule has 0 aromatic heterocycles. The molecule has 0 unspecified atom stereocenters. The van der Waals surface area contributed by atoms with Gasteiger partial charge >= 0.3 is 0 Å². The van der Waals surface area contributed by atoms with Crippen molar-refractivity contribution in [2.75, 3.05) is 13.1 Å². The van der Waals surface area contributed by atoms with Gasteiger partial charge in [0.25, 0.3) is 0 Å². The number of hydrogen-bond donors (Lipinski definition) is 3. The summed E-state index contributed by atoms with van der Waals surface area (Å²) in [6.45, 7) is 8.39. The molecule has 1 rings (SSSR count). The van der Waals surface area contributed by atoms with Gasteiger partial charge in [-0.15, -0.1) is 0 Å². The lowest BCUT2D eigenvalue weighted by Crippen LogP contribution is -2.47. The van der Waals surface area contributed by atoms with Crippen molar-refractivity contribution in [1.82, 2.24) is 10.6 Å². The van der Waals surface area contributed by atoms with Gasteiger partial charge in [0, 0.05) is 6.54 Å². The van der Waals surface area contributed by atoms with Crippen molar-refractivity contribution in [3.63, 3.8) is 0 Å². The molecule has 122 valence electrons. The predicted octanol–water partition coefficient (Wildman–Crippen LogP) is 1.06. The van der Waals surface area contributed by atoms with Crippen molar-refractivity contribution in [2.24, 2.45) is 11.7 Å². The number of benzene rings is 1. The Bertz CT molecular complexity index is 506. The number of nitrogens with two attached hydrogens (primary N) is 1. The molecule has 0 saturated heterocycles. The average Bonchev–Trinajstić information content (AvgIpc) is 2.46. The van der Waals surface area contributed by atoms with E-state index in [1.54, 1.807) is 0 Å². The van der Waals surface area contributed by atoms with Crippen molar-refractivity contribution in [2.45, 2.75) is 40.2 Å². The lowest BCUT2D eigenvalue weighted by atomic mass is 10.0. The minimum atomic E-state index is -0.581. The van der Waals surface area contributed by atoms with Crippen molar-refractivity contribution < 1.29 is 9.59 Å². The highest BCUT2D eigenvalue weighted by Gasteiger charge is 2.17. The fourth-order valence-electron chi connectivity index (χ4n) is 2.22. The summed E-state index contributed by atoms with van der Waals surface area (Å²) in [7, 11) is 0. The first-order chi connectivity index (χ1) is 10.3. The van der Waals surface area contributed by atoms with E-state index >= 15 is 0 Å². The molecule has 1 aromatic rings. The minimum absolute atomic E-state index is 0.0357. The molecule has 0 radical (unpaired) electrons. The van der Waals surface area contributed by atoms with Crippen LogP contribution < -0.4 is 16.4 Å². The van der Waals surface area contributed by atoms with Crippen LogP contribution in [-0.4, -0.2) is 30.9 Å². The highest BCUT2D eigenvalue weighted by atomic mass is 16.2. The van der Waals surface area contributed by atoms with E-state index in [0.29, 0.717) is 6.54 Å². The molecule has 0 bridgehead atoms. The molecule has 0 fully saturated rings. The molecule has 5 nitrogen and oxygen atoms in total. The van der Waals surface area contributed by atoms with Gasteiger partial charge in [-0.05, 0) is 42.9 Å². The zero-order valence-electron chi connectivity index (χ0n) is 13.9. The summed E-state index contributed by atoms with van der Waals surface area (Å²) in [6, 6.07) is 5.58. The SMILES string of the molecule is Cc1cccc(C)c1CCNC(=O)CNC(=O)[C@@H](N)C(C)C. The normalized spacial score (nSPS) is 12.1. The van der Waals surface area contributed by atoms with E-state index in [-0.39, 0.29) is 24.3 Å². The monoisotopic (exact) mass is 305 g/mol. The van der Waals surface area contributed by atoms with Gasteiger partial charge in [-0.1, -0.05) is 32.0 Å². The Balaban J connectivity index is 2.34. The summed E-state index contributed by atoms with van der Waals surface area (Å²) in [6.07, 6.45) is 0.781. The van der Waals surface area contributed by atoms with Crippen LogP contribution in [0.2, 0.25) is 0 Å². The summed E-state index contributed by atoms with van der Waals surface area (Å²) in [5.74, 6) is -0.442. The number of carbonyl (C=O) groups excluding carboxylic acids is 2. The Hall–Kier alpha value is -1.88. The third kappa shape index (κ3) is 5.48. The second kappa shape index (κ2) is 8.54. The Kier molecular flexibility index (Phi) is 7.05. The smallest absolute Gasteiger partial charge is 0.239 e. The van der Waals surface area contributed by atoms with Gasteiger partial charge in [-0.25, -0.2) is 0 Å². The first-order valence-corrected chi connectivity index (χ1v) is 7.68. The van der Waals surface area contributed by atoms with E-state index in [1.807, 2.05) is 19.9 Å². The standard InChI is InChI=1S/C17H27N3O2/c1-11(2)16(18)17(22)20-10-15(21)19-9-8-14-12(3)6-5-7-13(14)4/h5-7,11,16H,8-10,18H2,1-4H3,(H,19,21)(H,20,22)/t16-/m0/s1. The number of amides is 2. The maximum Gasteiger partial charge on any atom is 0.239 e. The van der Waals surface area contributed by atoms with E-state index in [0.717, 1.165) is 6.42 Å². The fourth-order valence-corrected chi connectivity index (χ4v) is 2.22. The Morgan fingerprint density at radius 1 is 1.14 bits per heavy atom. The number of rotatable bonds is 7. The molecule has 0 aliphatic heterocycles. The first-order valence-electron chi connectivity index (χ1n) is 7.68. The van der Waals surface area contributed by atoms with Gasteiger partial charge in [0.2, 0.25) is 11.8 Å². The zero-order valence-corrected chi connectivity index (χ0v) is 13.9. The summed E-state index contributed by atoms with van der Waals surface area (Å²) >= 11 is 0. The number of hydrogen-bond acceptors (Lipinski definition) is 3. The summed E-state index contributed by atoms with van der Waals surface area (Å²) in [5.41, 5.74) is 9.42. The van der Waals surface area contributed by atoms with Crippen molar-refractivity contribution in [3.05, 3.63) is 34.9 Å². The third-order valence-corrected chi connectivity index (χ3v) is 3.79. The van der Waals surface area contributed by atoms with Crippen molar-refractivity contribution in [3.8, 4) is 0 Å². The molecule has 2 amide bonds. The van der Waals surface area contributed by atoms with Gasteiger partial charge in [-0.3, -0.25) is 9.59 Å². The number of carbonyl (C=O) groups is 2. The first kappa shape index (κ1) is 18.2. The van der Waals surface area contributed by atoms with Crippen LogP contribution in [0.15, 0.2) is 18.2 Å². The fraction of sp³-hybridized carbons (Fsp3) is 0.529. The maximum absolute atomic E-state index is 11.7. The Labute approximate surface area is 132 Å².